The summed E-state index contributed by atoms with van der Waals surface area (Å²) in [6, 6.07) is 0. The van der Waals surface area contributed by atoms with E-state index in [4.69, 9.17) is 4.74 Å². The van der Waals surface area contributed by atoms with Crippen molar-refractivity contribution in [3.8, 4) is 0 Å². The lowest BCUT2D eigenvalue weighted by Crippen LogP contribution is -2.20. The van der Waals surface area contributed by atoms with Gasteiger partial charge in [-0.2, -0.15) is 0 Å². The van der Waals surface area contributed by atoms with Gasteiger partial charge in [-0.25, -0.2) is 0 Å². The highest BCUT2D eigenvalue weighted by Crippen LogP contribution is 2.36. The molecule has 0 aliphatic heterocycles. The van der Waals surface area contributed by atoms with E-state index in [0.717, 1.165) is 48.7 Å². The number of ether oxygens (including phenoxy) is 1. The summed E-state index contributed by atoms with van der Waals surface area (Å²) < 4.78 is 6.01. The largest absolute Gasteiger partial charge is 0.373 e. The lowest BCUT2D eigenvalue weighted by molar-refractivity contribution is 0.191. The van der Waals surface area contributed by atoms with Crippen LogP contribution < -0.4 is 0 Å². The van der Waals surface area contributed by atoms with Gasteiger partial charge in [0.15, 0.2) is 0 Å². The van der Waals surface area contributed by atoms with Crippen molar-refractivity contribution >= 4 is 0 Å². The second-order valence-corrected chi connectivity index (χ2v) is 19.9. The Hall–Kier alpha value is -0.560. The van der Waals surface area contributed by atoms with E-state index in [0.29, 0.717) is 21.7 Å². The molecule has 0 amide bonds. The summed E-state index contributed by atoms with van der Waals surface area (Å²) in [6.45, 7) is 39.9. The van der Waals surface area contributed by atoms with E-state index < -0.39 is 0 Å². The molecule has 256 valence electrons. The van der Waals surface area contributed by atoms with Crippen LogP contribution in [-0.2, 0) is 4.74 Å². The van der Waals surface area contributed by atoms with Gasteiger partial charge in [-0.3, -0.25) is 0 Å². The van der Waals surface area contributed by atoms with Crippen LogP contribution in [0.2, 0.25) is 0 Å². The van der Waals surface area contributed by atoms with Crippen molar-refractivity contribution in [3.63, 3.8) is 0 Å². The first-order valence-electron chi connectivity index (χ1n) is 18.3. The van der Waals surface area contributed by atoms with Gasteiger partial charge in [-0.15, -0.1) is 0 Å². The molecule has 0 aliphatic carbocycles. The van der Waals surface area contributed by atoms with Gasteiger partial charge in [-0.05, 0) is 109 Å². The van der Waals surface area contributed by atoms with Crippen LogP contribution in [0.15, 0.2) is 24.3 Å². The van der Waals surface area contributed by atoms with Crippen molar-refractivity contribution in [2.45, 2.75) is 175 Å². The molecule has 0 aliphatic rings. The summed E-state index contributed by atoms with van der Waals surface area (Å²) in [6.07, 6.45) is 22.3. The average Bonchev–Trinajstić information content (AvgIpc) is 2.76. The van der Waals surface area contributed by atoms with Crippen LogP contribution in [0.25, 0.3) is 0 Å². The van der Waals surface area contributed by atoms with Crippen LogP contribution >= 0.6 is 0 Å². The SMILES string of the molecule is CC(CCC(CC=CCOCC=CCC(CCC(C)CC(C)(C)C)C(C)CC(C)(C)C)C(C)CC(C)(C)C)CC(C)(C)C. The van der Waals surface area contributed by atoms with Gasteiger partial charge in [0.2, 0.25) is 0 Å². The van der Waals surface area contributed by atoms with Gasteiger partial charge in [0.1, 0.15) is 0 Å². The van der Waals surface area contributed by atoms with E-state index in [1.54, 1.807) is 0 Å². The number of allylic oxidation sites excluding steroid dienone is 2. The van der Waals surface area contributed by atoms with E-state index in [-0.39, 0.29) is 0 Å². The van der Waals surface area contributed by atoms with Gasteiger partial charge in [-0.1, -0.05) is 148 Å². The van der Waals surface area contributed by atoms with Crippen molar-refractivity contribution in [3.05, 3.63) is 24.3 Å². The Morgan fingerprint density at radius 3 is 1.00 bits per heavy atom. The predicted molar refractivity (Wildman–Crippen MR) is 197 cm³/mol. The Morgan fingerprint density at radius 2 is 0.721 bits per heavy atom. The predicted octanol–water partition coefficient (Wildman–Crippen LogP) is 14.0. The lowest BCUT2D eigenvalue weighted by atomic mass is 9.75. The quantitative estimate of drug-likeness (QED) is 0.0994. The molecular weight excluding hydrogens is 520 g/mol. The third kappa shape index (κ3) is 26.4. The number of hydrogen-bond donors (Lipinski definition) is 0. The zero-order chi connectivity index (χ0) is 33.5. The molecule has 0 fully saturated rings. The number of hydrogen-bond acceptors (Lipinski definition) is 1. The molecule has 0 spiro atoms. The smallest absolute Gasteiger partial charge is 0.0651 e. The van der Waals surface area contributed by atoms with E-state index in [1.807, 2.05) is 0 Å². The first-order valence-corrected chi connectivity index (χ1v) is 18.3. The highest BCUT2D eigenvalue weighted by molar-refractivity contribution is 4.89. The van der Waals surface area contributed by atoms with Gasteiger partial charge < -0.3 is 4.74 Å². The van der Waals surface area contributed by atoms with Crippen molar-refractivity contribution in [2.75, 3.05) is 13.2 Å². The molecule has 0 radical (unpaired) electrons. The summed E-state index contributed by atoms with van der Waals surface area (Å²) in [5.41, 5.74) is 1.63. The summed E-state index contributed by atoms with van der Waals surface area (Å²) in [5.74, 6) is 4.62. The monoisotopic (exact) mass is 603 g/mol. The molecule has 0 aromatic heterocycles. The Kier molecular flexibility index (Phi) is 19.6. The van der Waals surface area contributed by atoms with Crippen LogP contribution in [-0.4, -0.2) is 13.2 Å². The third-order valence-corrected chi connectivity index (χ3v) is 9.10. The molecule has 43 heavy (non-hydrogen) atoms. The van der Waals surface area contributed by atoms with E-state index in [1.165, 1.54) is 64.2 Å². The van der Waals surface area contributed by atoms with Gasteiger partial charge in [0, 0.05) is 0 Å². The first kappa shape index (κ1) is 42.4. The molecule has 0 N–H and O–H groups in total. The maximum Gasteiger partial charge on any atom is 0.0651 e. The molecule has 0 heterocycles. The zero-order valence-electron chi connectivity index (χ0n) is 32.7. The fourth-order valence-electron chi connectivity index (χ4n) is 7.71. The van der Waals surface area contributed by atoms with Crippen molar-refractivity contribution in [1.82, 2.24) is 0 Å². The van der Waals surface area contributed by atoms with Crippen LogP contribution in [0.1, 0.15) is 175 Å². The molecular formula is C42H82O. The Morgan fingerprint density at radius 1 is 0.419 bits per heavy atom. The van der Waals surface area contributed by atoms with Gasteiger partial charge in [0.25, 0.3) is 0 Å². The highest BCUT2D eigenvalue weighted by atomic mass is 16.5. The second kappa shape index (κ2) is 19.8. The Bertz CT molecular complexity index is 680. The van der Waals surface area contributed by atoms with Crippen LogP contribution in [0, 0.1) is 57.2 Å². The third-order valence-electron chi connectivity index (χ3n) is 9.10. The minimum Gasteiger partial charge on any atom is -0.373 e. The Balaban J connectivity index is 4.85. The average molecular weight is 603 g/mol. The van der Waals surface area contributed by atoms with E-state index >= 15 is 0 Å². The minimum atomic E-state index is 0.391. The van der Waals surface area contributed by atoms with Crippen molar-refractivity contribution in [2.24, 2.45) is 57.2 Å². The molecule has 0 saturated carbocycles. The standard InChI is InChI=1S/C42H82O/c1-33(29-39(5,6)7)23-25-37(35(3)31-41(11,12)13)21-17-19-27-43-28-20-18-22-38(36(4)32-42(14,15)16)26-24-34(2)30-40(8,9)10/h17-20,33-38H,21-32H2,1-16H3. The maximum absolute atomic E-state index is 6.01. The van der Waals surface area contributed by atoms with E-state index in [2.05, 4.69) is 135 Å². The molecule has 0 aromatic carbocycles. The summed E-state index contributed by atoms with van der Waals surface area (Å²) >= 11 is 0. The summed E-state index contributed by atoms with van der Waals surface area (Å²) in [7, 11) is 0. The molecule has 0 saturated heterocycles. The number of rotatable bonds is 20. The fraction of sp³-hybridized carbons (Fsp3) is 0.905. The summed E-state index contributed by atoms with van der Waals surface area (Å²) in [4.78, 5) is 0. The second-order valence-electron chi connectivity index (χ2n) is 19.9. The van der Waals surface area contributed by atoms with Crippen molar-refractivity contribution < 1.29 is 4.74 Å². The molecule has 1 heteroatoms. The molecule has 0 bridgehead atoms. The minimum absolute atomic E-state index is 0.391. The molecule has 6 atom stereocenters. The molecule has 0 aromatic rings. The maximum atomic E-state index is 6.01. The fourth-order valence-corrected chi connectivity index (χ4v) is 7.71. The summed E-state index contributed by atoms with van der Waals surface area (Å²) in [5, 5.41) is 0. The van der Waals surface area contributed by atoms with Gasteiger partial charge >= 0.3 is 0 Å². The first-order chi connectivity index (χ1) is 19.5. The topological polar surface area (TPSA) is 9.23 Å². The zero-order valence-corrected chi connectivity index (χ0v) is 32.7. The molecule has 0 rings (SSSR count). The highest BCUT2D eigenvalue weighted by Gasteiger charge is 2.25. The van der Waals surface area contributed by atoms with Crippen molar-refractivity contribution in [1.29, 1.82) is 0 Å². The molecule has 6 unspecified atom stereocenters. The van der Waals surface area contributed by atoms with Crippen LogP contribution in [0.3, 0.4) is 0 Å². The van der Waals surface area contributed by atoms with Crippen LogP contribution in [0.4, 0.5) is 0 Å². The Labute approximate surface area is 273 Å². The van der Waals surface area contributed by atoms with Crippen LogP contribution in [0.5, 0.6) is 0 Å². The normalized spacial score (nSPS) is 18.2. The lowest BCUT2D eigenvalue weighted by Gasteiger charge is -2.31. The van der Waals surface area contributed by atoms with Gasteiger partial charge in [0.05, 0.1) is 13.2 Å². The molecule has 1 nitrogen and oxygen atoms in total. The van der Waals surface area contributed by atoms with E-state index in [9.17, 15) is 0 Å².